The second-order valence-corrected chi connectivity index (χ2v) is 4.21. The Morgan fingerprint density at radius 3 is 2.26 bits per heavy atom. The van der Waals surface area contributed by atoms with Crippen molar-refractivity contribution in [2.45, 2.75) is 13.8 Å². The topological polar surface area (TPSA) is 86.9 Å². The molecule has 0 aliphatic heterocycles. The Bertz CT molecular complexity index is 601. The van der Waals surface area contributed by atoms with Crippen LogP contribution < -0.4 is 10.9 Å². The zero-order chi connectivity index (χ0) is 13.8. The van der Waals surface area contributed by atoms with Crippen LogP contribution in [0.5, 0.6) is 0 Å². The van der Waals surface area contributed by atoms with Gasteiger partial charge < -0.3 is 0 Å². The van der Waals surface area contributed by atoms with E-state index in [4.69, 9.17) is 0 Å². The summed E-state index contributed by atoms with van der Waals surface area (Å²) in [5.74, 6) is -0.842. The van der Waals surface area contributed by atoms with Crippen molar-refractivity contribution in [1.82, 2.24) is 21.0 Å². The molecule has 1 aromatic carbocycles. The molecule has 0 saturated heterocycles. The Kier molecular flexibility index (Phi) is 3.61. The fourth-order valence-corrected chi connectivity index (χ4v) is 1.49. The summed E-state index contributed by atoms with van der Waals surface area (Å²) in [6.45, 7) is 3.72. The zero-order valence-corrected chi connectivity index (χ0v) is 10.7. The molecular formula is C13H14N4O2. The normalized spacial score (nSPS) is 10.0. The fourth-order valence-electron chi connectivity index (χ4n) is 1.49. The largest absolute Gasteiger partial charge is 0.290 e. The predicted octanol–water partition coefficient (Wildman–Crippen LogP) is 1.10. The van der Waals surface area contributed by atoms with Crippen molar-refractivity contribution in [1.29, 1.82) is 0 Å². The Hall–Kier alpha value is -2.63. The molecule has 1 heterocycles. The number of nitrogens with zero attached hydrogens (tertiary/aromatic N) is 1. The van der Waals surface area contributed by atoms with Crippen molar-refractivity contribution < 1.29 is 9.59 Å². The van der Waals surface area contributed by atoms with Crippen molar-refractivity contribution in [2.75, 3.05) is 0 Å². The van der Waals surface area contributed by atoms with E-state index >= 15 is 0 Å². The summed E-state index contributed by atoms with van der Waals surface area (Å²) >= 11 is 0. The maximum absolute atomic E-state index is 11.7. The van der Waals surface area contributed by atoms with Gasteiger partial charge in [0.1, 0.15) is 0 Å². The third-order valence-electron chi connectivity index (χ3n) is 2.54. The van der Waals surface area contributed by atoms with E-state index in [0.29, 0.717) is 5.56 Å². The van der Waals surface area contributed by atoms with Gasteiger partial charge in [0, 0.05) is 11.3 Å². The van der Waals surface area contributed by atoms with Crippen LogP contribution in [0.15, 0.2) is 30.3 Å². The third kappa shape index (κ3) is 3.19. The van der Waals surface area contributed by atoms with Crippen LogP contribution >= 0.6 is 0 Å². The lowest BCUT2D eigenvalue weighted by Crippen LogP contribution is -2.41. The van der Waals surface area contributed by atoms with Gasteiger partial charge in [0.15, 0.2) is 5.69 Å². The lowest BCUT2D eigenvalue weighted by Gasteiger charge is -2.05. The van der Waals surface area contributed by atoms with Gasteiger partial charge in [-0.05, 0) is 32.0 Å². The molecule has 6 nitrogen and oxygen atoms in total. The van der Waals surface area contributed by atoms with Crippen molar-refractivity contribution in [2.24, 2.45) is 0 Å². The smallest absolute Gasteiger partial charge is 0.282 e. The first-order chi connectivity index (χ1) is 9.06. The molecule has 19 heavy (non-hydrogen) atoms. The molecule has 0 saturated carbocycles. The van der Waals surface area contributed by atoms with Crippen LogP contribution in [-0.4, -0.2) is 22.0 Å². The summed E-state index contributed by atoms with van der Waals surface area (Å²) in [4.78, 5) is 23.4. The monoisotopic (exact) mass is 258 g/mol. The molecule has 0 aliphatic carbocycles. The minimum absolute atomic E-state index is 0.224. The minimum Gasteiger partial charge on any atom is -0.282 e. The number of aryl methyl sites for hydroxylation is 2. The second-order valence-electron chi connectivity index (χ2n) is 4.21. The maximum atomic E-state index is 11.7. The molecule has 0 bridgehead atoms. The van der Waals surface area contributed by atoms with Crippen LogP contribution in [0, 0.1) is 13.8 Å². The molecule has 2 aromatic rings. The molecule has 98 valence electrons. The van der Waals surface area contributed by atoms with Crippen LogP contribution in [0.1, 0.15) is 32.1 Å². The van der Waals surface area contributed by atoms with Crippen LogP contribution in [-0.2, 0) is 0 Å². The molecule has 3 N–H and O–H groups in total. The summed E-state index contributed by atoms with van der Waals surface area (Å²) in [7, 11) is 0. The third-order valence-corrected chi connectivity index (χ3v) is 2.54. The Morgan fingerprint density at radius 1 is 1.05 bits per heavy atom. The SMILES string of the molecule is Cc1ccc(C(=O)NNC(=O)c2cc(C)[nH]n2)cc1. The number of H-pyrrole nitrogens is 1. The van der Waals surface area contributed by atoms with E-state index < -0.39 is 5.91 Å². The van der Waals surface area contributed by atoms with Gasteiger partial charge in [-0.25, -0.2) is 0 Å². The summed E-state index contributed by atoms with van der Waals surface area (Å²) in [5.41, 5.74) is 7.17. The maximum Gasteiger partial charge on any atom is 0.290 e. The van der Waals surface area contributed by atoms with Gasteiger partial charge in [0.05, 0.1) is 0 Å². The second kappa shape index (κ2) is 5.34. The van der Waals surface area contributed by atoms with Gasteiger partial charge in [-0.15, -0.1) is 0 Å². The molecule has 0 radical (unpaired) electrons. The van der Waals surface area contributed by atoms with Crippen LogP contribution in [0.3, 0.4) is 0 Å². The average molecular weight is 258 g/mol. The lowest BCUT2D eigenvalue weighted by atomic mass is 10.1. The summed E-state index contributed by atoms with van der Waals surface area (Å²) in [5, 5.41) is 6.44. The highest BCUT2D eigenvalue weighted by molar-refractivity contribution is 5.98. The van der Waals surface area contributed by atoms with E-state index in [1.165, 1.54) is 0 Å². The van der Waals surface area contributed by atoms with Gasteiger partial charge in [0.25, 0.3) is 11.8 Å². The highest BCUT2D eigenvalue weighted by atomic mass is 16.2. The molecule has 0 fully saturated rings. The quantitative estimate of drug-likeness (QED) is 0.705. The van der Waals surface area contributed by atoms with Gasteiger partial charge in [-0.1, -0.05) is 17.7 Å². The lowest BCUT2D eigenvalue weighted by molar-refractivity contribution is 0.0844. The summed E-state index contributed by atoms with van der Waals surface area (Å²) in [6.07, 6.45) is 0. The van der Waals surface area contributed by atoms with Gasteiger partial charge >= 0.3 is 0 Å². The molecular weight excluding hydrogens is 244 g/mol. The first-order valence-corrected chi connectivity index (χ1v) is 5.75. The van der Waals surface area contributed by atoms with Crippen LogP contribution in [0.25, 0.3) is 0 Å². The van der Waals surface area contributed by atoms with E-state index in [0.717, 1.165) is 11.3 Å². The highest BCUT2D eigenvalue weighted by Gasteiger charge is 2.11. The summed E-state index contributed by atoms with van der Waals surface area (Å²) < 4.78 is 0. The van der Waals surface area contributed by atoms with Crippen molar-refractivity contribution >= 4 is 11.8 Å². The molecule has 1 aromatic heterocycles. The minimum atomic E-state index is -0.468. The van der Waals surface area contributed by atoms with Gasteiger partial charge in [0.2, 0.25) is 0 Å². The number of nitrogens with one attached hydrogen (secondary N) is 3. The molecule has 0 unspecified atom stereocenters. The number of carbonyl (C=O) groups excluding carboxylic acids is 2. The first kappa shape index (κ1) is 12.8. The number of hydrazine groups is 1. The molecule has 0 spiro atoms. The number of aromatic amines is 1. The average Bonchev–Trinajstić information content (AvgIpc) is 2.83. The molecule has 0 aliphatic rings. The number of hydrogen-bond acceptors (Lipinski definition) is 3. The first-order valence-electron chi connectivity index (χ1n) is 5.75. The number of amides is 2. The molecule has 6 heteroatoms. The molecule has 0 atom stereocenters. The molecule has 2 amide bonds. The summed E-state index contributed by atoms with van der Waals surface area (Å²) in [6, 6.07) is 8.63. The Balaban J connectivity index is 1.93. The number of rotatable bonds is 2. The fraction of sp³-hybridized carbons (Fsp3) is 0.154. The van der Waals surface area contributed by atoms with Gasteiger partial charge in [-0.2, -0.15) is 5.10 Å². The van der Waals surface area contributed by atoms with Gasteiger partial charge in [-0.3, -0.25) is 25.5 Å². The van der Waals surface area contributed by atoms with E-state index in [1.54, 1.807) is 25.1 Å². The van der Waals surface area contributed by atoms with Crippen molar-refractivity contribution in [3.63, 3.8) is 0 Å². The number of benzene rings is 1. The van der Waals surface area contributed by atoms with E-state index in [9.17, 15) is 9.59 Å². The Morgan fingerprint density at radius 2 is 1.68 bits per heavy atom. The predicted molar refractivity (Wildman–Crippen MR) is 69.4 cm³/mol. The standard InChI is InChI=1S/C13H14N4O2/c1-8-3-5-10(6-4-8)12(18)16-17-13(19)11-7-9(2)14-15-11/h3-7H,1-2H3,(H,14,15)(H,16,18)(H,17,19). The number of aromatic nitrogens is 2. The Labute approximate surface area is 110 Å². The number of carbonyl (C=O) groups is 2. The number of hydrogen-bond donors (Lipinski definition) is 3. The van der Waals surface area contributed by atoms with Crippen molar-refractivity contribution in [3.05, 3.63) is 52.8 Å². The van der Waals surface area contributed by atoms with E-state index in [1.807, 2.05) is 19.1 Å². The molecule has 2 rings (SSSR count). The van der Waals surface area contributed by atoms with Crippen LogP contribution in [0.2, 0.25) is 0 Å². The van der Waals surface area contributed by atoms with Crippen molar-refractivity contribution in [3.8, 4) is 0 Å². The van der Waals surface area contributed by atoms with E-state index in [-0.39, 0.29) is 11.6 Å². The highest BCUT2D eigenvalue weighted by Crippen LogP contribution is 2.02. The zero-order valence-electron chi connectivity index (χ0n) is 10.7. The van der Waals surface area contributed by atoms with Crippen LogP contribution in [0.4, 0.5) is 0 Å². The van der Waals surface area contributed by atoms with E-state index in [2.05, 4.69) is 21.0 Å².